The number of unbranched alkanes of at least 4 members (excludes halogenated alkanes) is 1. The molecule has 0 aliphatic rings. The first kappa shape index (κ1) is 68.2. The number of guanidine groups is 1. The molecule has 0 fully saturated rings. The normalized spacial score (nSPS) is 15.8. The van der Waals surface area contributed by atoms with Gasteiger partial charge in [0.25, 0.3) is 0 Å². The van der Waals surface area contributed by atoms with Crippen LogP contribution in [0.4, 0.5) is 0 Å². The lowest BCUT2D eigenvalue weighted by Crippen LogP contribution is -2.63. The average Bonchev–Trinajstić information content (AvgIpc) is 3.36. The minimum absolute atomic E-state index is 0.000995. The first-order valence-electron chi connectivity index (χ1n) is 25.5. The molecule has 12 atom stereocenters. The number of amides is 8. The first-order valence-corrected chi connectivity index (χ1v) is 26.9. The maximum Gasteiger partial charge on any atom is 0.326 e. The lowest BCUT2D eigenvalue weighted by molar-refractivity contribution is -0.147. The van der Waals surface area contributed by atoms with Crippen molar-refractivity contribution in [1.29, 1.82) is 0 Å². The molecule has 1 aromatic carbocycles. The Bertz CT molecular complexity index is 2150. The van der Waals surface area contributed by atoms with Gasteiger partial charge < -0.3 is 85.9 Å². The van der Waals surface area contributed by atoms with Crippen LogP contribution >= 0.6 is 11.8 Å². The molecule has 0 spiro atoms. The topological polar surface area (TPSA) is 464 Å². The van der Waals surface area contributed by atoms with Gasteiger partial charge in [-0.2, -0.15) is 11.8 Å². The monoisotopic (exact) mass is 1110 g/mol. The fourth-order valence-corrected chi connectivity index (χ4v) is 7.89. The third-order valence-corrected chi connectivity index (χ3v) is 13.1. The Hall–Kier alpha value is -6.78. The van der Waals surface area contributed by atoms with E-state index in [0.717, 1.165) is 0 Å². The van der Waals surface area contributed by atoms with Crippen molar-refractivity contribution in [3.05, 3.63) is 29.8 Å². The number of aromatic hydroxyl groups is 1. The van der Waals surface area contributed by atoms with E-state index in [0.29, 0.717) is 37.0 Å². The molecule has 0 heterocycles. The fourth-order valence-electron chi connectivity index (χ4n) is 7.42. The Morgan fingerprint density at radius 2 is 1.01 bits per heavy atom. The van der Waals surface area contributed by atoms with Gasteiger partial charge in [-0.1, -0.05) is 52.7 Å². The van der Waals surface area contributed by atoms with Crippen molar-refractivity contribution >= 4 is 76.9 Å². The van der Waals surface area contributed by atoms with Crippen LogP contribution in [0.2, 0.25) is 0 Å². The van der Waals surface area contributed by atoms with E-state index in [4.69, 9.17) is 22.9 Å². The van der Waals surface area contributed by atoms with E-state index < -0.39 is 138 Å². The van der Waals surface area contributed by atoms with E-state index >= 15 is 0 Å². The maximum absolute atomic E-state index is 14.3. The Morgan fingerprint density at radius 3 is 1.47 bits per heavy atom. The molecule has 0 saturated carbocycles. The SMILES string of the molecule is CCC(C)C(NC(=O)C(CCCCN)NC(=O)C(NC(=O)C(NC(=O)C(CCSC)NC(=O)C(Cc1ccc(O)cc1)NC(=O)C(C)N)C(C)O)C(C)CC)C(=O)NC(CCCN=C(N)N)C(=O)NC(CC(=O)O)C(=O)O. The summed E-state index contributed by atoms with van der Waals surface area (Å²) in [6.07, 6.45) is 0.532. The lowest BCUT2D eigenvalue weighted by Gasteiger charge is -2.31. The molecule has 8 amide bonds. The number of carboxylic acids is 2. The van der Waals surface area contributed by atoms with Gasteiger partial charge in [0.15, 0.2) is 5.96 Å². The van der Waals surface area contributed by atoms with Gasteiger partial charge in [0.1, 0.15) is 54.1 Å². The third kappa shape index (κ3) is 25.3. The molecular weight excluding hydrogens is 1030 g/mol. The number of nitrogens with zero attached hydrogens (tertiary/aromatic N) is 1. The predicted molar refractivity (Wildman–Crippen MR) is 287 cm³/mol. The van der Waals surface area contributed by atoms with Gasteiger partial charge >= 0.3 is 11.9 Å². The van der Waals surface area contributed by atoms with Gasteiger partial charge in [-0.15, -0.1) is 0 Å². The second-order valence-corrected chi connectivity index (χ2v) is 19.9. The number of aliphatic hydroxyl groups is 1. The van der Waals surface area contributed by atoms with Crippen molar-refractivity contribution < 1.29 is 68.4 Å². The molecule has 77 heavy (non-hydrogen) atoms. The van der Waals surface area contributed by atoms with Crippen LogP contribution in [0.1, 0.15) is 105 Å². The summed E-state index contributed by atoms with van der Waals surface area (Å²) < 4.78 is 0. The van der Waals surface area contributed by atoms with E-state index in [1.165, 1.54) is 37.7 Å². The van der Waals surface area contributed by atoms with Gasteiger partial charge in [-0.05, 0) is 100 Å². The summed E-state index contributed by atoms with van der Waals surface area (Å²) in [7, 11) is 0. The van der Waals surface area contributed by atoms with Crippen molar-refractivity contribution in [1.82, 2.24) is 42.5 Å². The number of rotatable bonds is 37. The summed E-state index contributed by atoms with van der Waals surface area (Å²) >= 11 is 1.36. The number of carboxylic acid groups (broad SMARTS) is 2. The Morgan fingerprint density at radius 1 is 0.584 bits per heavy atom. The smallest absolute Gasteiger partial charge is 0.326 e. The zero-order valence-corrected chi connectivity index (χ0v) is 45.8. The molecule has 0 aromatic heterocycles. The highest BCUT2D eigenvalue weighted by Gasteiger charge is 2.38. The molecule has 434 valence electrons. The van der Waals surface area contributed by atoms with Crippen LogP contribution in [0.3, 0.4) is 0 Å². The number of phenols is 1. The Balaban J connectivity index is 3.51. The van der Waals surface area contributed by atoms with E-state index in [-0.39, 0.29) is 56.9 Å². The van der Waals surface area contributed by atoms with Gasteiger partial charge in [0.2, 0.25) is 47.3 Å². The van der Waals surface area contributed by atoms with E-state index in [9.17, 15) is 68.4 Å². The van der Waals surface area contributed by atoms with E-state index in [2.05, 4.69) is 47.5 Å². The number of carbonyl (C=O) groups excluding carboxylic acids is 8. The van der Waals surface area contributed by atoms with Gasteiger partial charge in [0.05, 0.1) is 18.6 Å². The minimum Gasteiger partial charge on any atom is -0.508 e. The minimum atomic E-state index is -1.85. The molecule has 0 radical (unpaired) electrons. The van der Waals surface area contributed by atoms with Gasteiger partial charge in [-0.25, -0.2) is 4.79 Å². The highest BCUT2D eigenvalue weighted by molar-refractivity contribution is 7.98. The van der Waals surface area contributed by atoms with Crippen molar-refractivity contribution in [2.45, 2.75) is 166 Å². The molecule has 0 bridgehead atoms. The number of aliphatic hydroxyl groups excluding tert-OH is 1. The molecule has 28 heteroatoms. The Kier molecular flexibility index (Phi) is 31.5. The van der Waals surface area contributed by atoms with Gasteiger partial charge in [-0.3, -0.25) is 48.1 Å². The fraction of sp³-hybridized carbons (Fsp3) is 0.653. The zero-order valence-electron chi connectivity index (χ0n) is 45.0. The van der Waals surface area contributed by atoms with Crippen LogP contribution in [-0.2, 0) is 54.4 Å². The molecule has 0 aliphatic carbocycles. The summed E-state index contributed by atoms with van der Waals surface area (Å²) in [6.45, 7) is 9.62. The largest absolute Gasteiger partial charge is 0.508 e. The van der Waals surface area contributed by atoms with Crippen LogP contribution in [0.5, 0.6) is 5.75 Å². The van der Waals surface area contributed by atoms with Crippen LogP contribution in [0.15, 0.2) is 29.3 Å². The molecule has 1 rings (SSSR count). The third-order valence-electron chi connectivity index (χ3n) is 12.5. The number of benzene rings is 1. The molecular formula is C49H83N13O14S. The first-order chi connectivity index (χ1) is 36.2. The van der Waals surface area contributed by atoms with E-state index in [1.807, 2.05) is 0 Å². The second kappa shape index (κ2) is 35.5. The summed E-state index contributed by atoms with van der Waals surface area (Å²) in [6, 6.07) is -6.69. The molecule has 12 unspecified atom stereocenters. The zero-order chi connectivity index (χ0) is 58.5. The number of hydrogen-bond donors (Lipinski definition) is 16. The highest BCUT2D eigenvalue weighted by Crippen LogP contribution is 2.16. The van der Waals surface area contributed by atoms with Crippen molar-refractivity contribution in [2.75, 3.05) is 25.1 Å². The number of nitrogens with two attached hydrogens (primary N) is 4. The molecule has 0 aliphatic heterocycles. The van der Waals surface area contributed by atoms with Crippen molar-refractivity contribution in [2.24, 2.45) is 39.8 Å². The number of thioether (sulfide) groups is 1. The molecule has 0 saturated heterocycles. The lowest BCUT2D eigenvalue weighted by atomic mass is 9.95. The average molecular weight is 1110 g/mol. The number of nitrogens with one attached hydrogen (secondary N) is 8. The molecule has 27 nitrogen and oxygen atoms in total. The standard InChI is InChI=1S/C49H83N13O14S/c1-8-25(3)37(45(72)57-32(14-12-21-54-49(52)53)41(68)59-35(48(75)76)24-36(65)66)60-42(69)31(13-10-11-20-50)56-46(73)38(26(4)9-2)61-47(74)39(28(6)63)62-43(70)33(19-22-77-7)55-44(71)34(58-40(67)27(5)51)23-29-15-17-30(64)18-16-29/h15-18,25-28,31-35,37-39,63-64H,8-14,19-24,50-51H2,1-7H3,(H,55,71)(H,56,73)(H,57,72)(H,58,67)(H,59,68)(H,60,69)(H,61,74)(H,62,70)(H,65,66)(H,75,76)(H4,52,53,54). The van der Waals surface area contributed by atoms with Crippen LogP contribution in [-0.4, -0.2) is 171 Å². The van der Waals surface area contributed by atoms with Crippen LogP contribution < -0.4 is 65.5 Å². The van der Waals surface area contributed by atoms with Crippen molar-refractivity contribution in [3.8, 4) is 5.75 Å². The highest BCUT2D eigenvalue weighted by atomic mass is 32.2. The number of phenolic OH excluding ortho intramolecular Hbond substituents is 1. The van der Waals surface area contributed by atoms with E-state index in [1.54, 1.807) is 46.1 Å². The second-order valence-electron chi connectivity index (χ2n) is 18.9. The van der Waals surface area contributed by atoms with Crippen LogP contribution in [0.25, 0.3) is 0 Å². The summed E-state index contributed by atoms with van der Waals surface area (Å²) in [4.78, 5) is 138. The number of carbonyl (C=O) groups is 10. The Labute approximate surface area is 453 Å². The summed E-state index contributed by atoms with van der Waals surface area (Å²) in [5.74, 6) is -11.2. The van der Waals surface area contributed by atoms with Gasteiger partial charge in [0, 0.05) is 13.0 Å². The number of aliphatic imine (C=N–C) groups is 1. The molecule has 1 aromatic rings. The predicted octanol–water partition coefficient (Wildman–Crippen LogP) is -2.87. The molecule has 20 N–H and O–H groups in total. The number of hydrogen-bond acceptors (Lipinski definition) is 16. The quantitative estimate of drug-likeness (QED) is 0.0181. The maximum atomic E-state index is 14.3. The van der Waals surface area contributed by atoms with Crippen LogP contribution in [0, 0.1) is 11.8 Å². The summed E-state index contributed by atoms with van der Waals surface area (Å²) in [5, 5.41) is 59.8. The van der Waals surface area contributed by atoms with Crippen molar-refractivity contribution in [3.63, 3.8) is 0 Å². The number of aliphatic carboxylic acids is 2. The summed E-state index contributed by atoms with van der Waals surface area (Å²) in [5.41, 5.74) is 22.9.